The monoisotopic (exact) mass is 436 g/mol. The molecule has 0 saturated carbocycles. The molecule has 0 fully saturated rings. The van der Waals surface area contributed by atoms with Gasteiger partial charge in [0.05, 0.1) is 11.4 Å². The van der Waals surface area contributed by atoms with Crippen molar-refractivity contribution in [3.8, 4) is 44.8 Å². The highest BCUT2D eigenvalue weighted by Crippen LogP contribution is 2.44. The Hall–Kier alpha value is -4.70. The summed E-state index contributed by atoms with van der Waals surface area (Å²) in [5, 5.41) is 2.24. The predicted molar refractivity (Wildman–Crippen MR) is 137 cm³/mol. The number of nitrogens with zero attached hydrogens (tertiary/aromatic N) is 4. The van der Waals surface area contributed by atoms with Crippen molar-refractivity contribution < 1.29 is 0 Å². The minimum absolute atomic E-state index is 0.925. The second kappa shape index (κ2) is 8.68. The van der Waals surface area contributed by atoms with Crippen molar-refractivity contribution in [2.24, 2.45) is 0 Å². The highest BCUT2D eigenvalue weighted by atomic mass is 14.7. The summed E-state index contributed by atoms with van der Waals surface area (Å²) in [5.41, 5.74) is 8.31. The third kappa shape index (κ3) is 3.51. The Morgan fingerprint density at radius 3 is 1.24 bits per heavy atom. The van der Waals surface area contributed by atoms with E-state index in [1.54, 1.807) is 12.4 Å². The summed E-state index contributed by atoms with van der Waals surface area (Å²) >= 11 is 0. The van der Waals surface area contributed by atoms with Crippen molar-refractivity contribution in [3.05, 3.63) is 122 Å². The molecule has 4 heteroatoms. The van der Waals surface area contributed by atoms with Crippen LogP contribution in [0.2, 0.25) is 0 Å². The van der Waals surface area contributed by atoms with Gasteiger partial charge in [-0.1, -0.05) is 48.5 Å². The van der Waals surface area contributed by atoms with E-state index in [0.29, 0.717) is 0 Å². The van der Waals surface area contributed by atoms with Gasteiger partial charge < -0.3 is 0 Å². The van der Waals surface area contributed by atoms with Crippen molar-refractivity contribution in [2.45, 2.75) is 0 Å². The zero-order valence-electron chi connectivity index (χ0n) is 18.3. The molecule has 0 aliphatic heterocycles. The van der Waals surface area contributed by atoms with E-state index < -0.39 is 0 Å². The number of hydrogen-bond donors (Lipinski definition) is 0. The molecule has 0 aliphatic rings. The van der Waals surface area contributed by atoms with Crippen molar-refractivity contribution in [3.63, 3.8) is 0 Å². The number of fused-ring (bicyclic) bond motifs is 1. The first kappa shape index (κ1) is 19.9. The van der Waals surface area contributed by atoms with Crippen molar-refractivity contribution in [2.75, 3.05) is 0 Å². The average Bonchev–Trinajstić information content (AvgIpc) is 2.94. The predicted octanol–water partition coefficient (Wildman–Crippen LogP) is 7.09. The highest BCUT2D eigenvalue weighted by molar-refractivity contribution is 6.16. The fourth-order valence-corrected chi connectivity index (χ4v) is 4.49. The molecule has 4 nitrogen and oxygen atoms in total. The lowest BCUT2D eigenvalue weighted by Crippen LogP contribution is -1.95. The standard InChI is InChI=1S/C30H20N4/c1-3-17-33-27(9-1)25-13-11-24(22-8-6-16-32-20-22)30-26(28-10-2-4-18-34-28)14-12-23(29(25)30)21-7-5-15-31-19-21/h1-20H. The lowest BCUT2D eigenvalue weighted by atomic mass is 9.86. The first-order valence-electron chi connectivity index (χ1n) is 11.1. The summed E-state index contributed by atoms with van der Waals surface area (Å²) in [6.07, 6.45) is 11.1. The molecule has 4 aromatic heterocycles. The number of pyridine rings is 4. The Morgan fingerprint density at radius 1 is 0.382 bits per heavy atom. The van der Waals surface area contributed by atoms with E-state index in [1.165, 1.54) is 0 Å². The van der Waals surface area contributed by atoms with E-state index in [2.05, 4.69) is 58.5 Å². The SMILES string of the molecule is c1ccc(-c2ccc(-c3cccnc3)c3c(-c4ccccn4)ccc(-c4cccnc4)c23)nc1. The summed E-state index contributed by atoms with van der Waals surface area (Å²) < 4.78 is 0. The molecule has 34 heavy (non-hydrogen) atoms. The lowest BCUT2D eigenvalue weighted by Gasteiger charge is -2.18. The normalized spacial score (nSPS) is 10.9. The number of hydrogen-bond acceptors (Lipinski definition) is 4. The summed E-state index contributed by atoms with van der Waals surface area (Å²) in [7, 11) is 0. The van der Waals surface area contributed by atoms with E-state index >= 15 is 0 Å². The molecule has 6 rings (SSSR count). The van der Waals surface area contributed by atoms with Gasteiger partial charge in [-0.25, -0.2) is 0 Å². The minimum Gasteiger partial charge on any atom is -0.264 e. The molecule has 2 aromatic carbocycles. The summed E-state index contributed by atoms with van der Waals surface area (Å²) in [6, 6.07) is 28.8. The maximum atomic E-state index is 4.70. The summed E-state index contributed by atoms with van der Waals surface area (Å²) in [4.78, 5) is 18.2. The van der Waals surface area contributed by atoms with Crippen LogP contribution in [0.3, 0.4) is 0 Å². The van der Waals surface area contributed by atoms with Crippen LogP contribution in [0.15, 0.2) is 122 Å². The zero-order chi connectivity index (χ0) is 22.7. The van der Waals surface area contributed by atoms with Gasteiger partial charge in [-0.3, -0.25) is 19.9 Å². The summed E-state index contributed by atoms with van der Waals surface area (Å²) in [5.74, 6) is 0. The van der Waals surface area contributed by atoms with Crippen LogP contribution in [0.25, 0.3) is 55.5 Å². The second-order valence-electron chi connectivity index (χ2n) is 7.98. The molecule has 0 saturated heterocycles. The Balaban J connectivity index is 1.80. The van der Waals surface area contributed by atoms with Crippen LogP contribution >= 0.6 is 0 Å². The Kier molecular flexibility index (Phi) is 5.09. The molecule has 160 valence electrons. The third-order valence-electron chi connectivity index (χ3n) is 5.99. The van der Waals surface area contributed by atoms with Gasteiger partial charge in [-0.05, 0) is 47.5 Å². The van der Waals surface area contributed by atoms with Crippen LogP contribution in [0.1, 0.15) is 0 Å². The maximum absolute atomic E-state index is 4.70. The molecular formula is C30H20N4. The fourth-order valence-electron chi connectivity index (χ4n) is 4.49. The maximum Gasteiger partial charge on any atom is 0.0708 e. The van der Waals surface area contributed by atoms with Crippen molar-refractivity contribution in [1.29, 1.82) is 0 Å². The van der Waals surface area contributed by atoms with Gasteiger partial charge >= 0.3 is 0 Å². The largest absolute Gasteiger partial charge is 0.264 e. The Labute approximate surface area is 197 Å². The van der Waals surface area contributed by atoms with Gasteiger partial charge in [0.25, 0.3) is 0 Å². The molecular weight excluding hydrogens is 416 g/mol. The average molecular weight is 437 g/mol. The van der Waals surface area contributed by atoms with E-state index in [-0.39, 0.29) is 0 Å². The van der Waals surface area contributed by atoms with Crippen molar-refractivity contribution >= 4 is 10.8 Å². The molecule has 0 spiro atoms. The highest BCUT2D eigenvalue weighted by Gasteiger charge is 2.19. The third-order valence-corrected chi connectivity index (χ3v) is 5.99. The van der Waals surface area contributed by atoms with Crippen LogP contribution in [0, 0.1) is 0 Å². The molecule has 0 unspecified atom stereocenters. The quantitative estimate of drug-likeness (QED) is 0.296. The van der Waals surface area contributed by atoms with Crippen LogP contribution in [-0.2, 0) is 0 Å². The zero-order valence-corrected chi connectivity index (χ0v) is 18.3. The Bertz CT molecular complexity index is 1330. The number of benzene rings is 2. The van der Waals surface area contributed by atoms with Gasteiger partial charge in [0.2, 0.25) is 0 Å². The van der Waals surface area contributed by atoms with Gasteiger partial charge in [0.1, 0.15) is 0 Å². The smallest absolute Gasteiger partial charge is 0.0708 e. The molecule has 0 radical (unpaired) electrons. The molecule has 6 aromatic rings. The van der Waals surface area contributed by atoms with Crippen molar-refractivity contribution in [1.82, 2.24) is 19.9 Å². The van der Waals surface area contributed by atoms with E-state index in [1.807, 2.05) is 61.2 Å². The number of aromatic nitrogens is 4. The molecule has 0 bridgehead atoms. The van der Waals surface area contributed by atoms with Gasteiger partial charge in [-0.15, -0.1) is 0 Å². The van der Waals surface area contributed by atoms with E-state index in [9.17, 15) is 0 Å². The molecule has 0 atom stereocenters. The first-order chi connectivity index (χ1) is 16.9. The second-order valence-corrected chi connectivity index (χ2v) is 7.98. The van der Waals surface area contributed by atoms with Crippen LogP contribution in [0.4, 0.5) is 0 Å². The molecule has 0 amide bonds. The van der Waals surface area contributed by atoms with E-state index in [0.717, 1.165) is 55.5 Å². The van der Waals surface area contributed by atoms with Crippen LogP contribution in [-0.4, -0.2) is 19.9 Å². The molecule has 0 N–H and O–H groups in total. The van der Waals surface area contributed by atoms with Gasteiger partial charge in [-0.2, -0.15) is 0 Å². The van der Waals surface area contributed by atoms with Gasteiger partial charge in [0, 0.05) is 70.2 Å². The molecule has 4 heterocycles. The minimum atomic E-state index is 0.925. The topological polar surface area (TPSA) is 51.6 Å². The lowest BCUT2D eigenvalue weighted by molar-refractivity contribution is 1.32. The van der Waals surface area contributed by atoms with E-state index in [4.69, 9.17) is 9.97 Å². The fraction of sp³-hybridized carbons (Fsp3) is 0. The van der Waals surface area contributed by atoms with Gasteiger partial charge in [0.15, 0.2) is 0 Å². The first-order valence-corrected chi connectivity index (χ1v) is 11.1. The Morgan fingerprint density at radius 2 is 0.853 bits per heavy atom. The summed E-state index contributed by atoms with van der Waals surface area (Å²) in [6.45, 7) is 0. The van der Waals surface area contributed by atoms with Crippen LogP contribution in [0.5, 0.6) is 0 Å². The molecule has 0 aliphatic carbocycles. The number of rotatable bonds is 4. The van der Waals surface area contributed by atoms with Crippen LogP contribution < -0.4 is 0 Å².